The summed E-state index contributed by atoms with van der Waals surface area (Å²) in [5.74, 6) is 0. The molecule has 0 aromatic heterocycles. The maximum atomic E-state index is 5.42. The molecule has 0 aromatic rings. The Morgan fingerprint density at radius 3 is 1.39 bits per heavy atom. The van der Waals surface area contributed by atoms with E-state index in [9.17, 15) is 0 Å². The Morgan fingerprint density at radius 1 is 0.609 bits per heavy atom. The van der Waals surface area contributed by atoms with Crippen LogP contribution in [0, 0.1) is 5.41 Å². The number of hydrogen-bond donors (Lipinski definition) is 1. The summed E-state index contributed by atoms with van der Waals surface area (Å²) in [6.45, 7) is 7.85. The minimum absolute atomic E-state index is 0.762. The van der Waals surface area contributed by atoms with E-state index in [1.165, 1.54) is 109 Å². The molecule has 0 saturated heterocycles. The SMILES string of the molecule is CCC1(CC)CCCCC1.CCCCCCCCCCCCN. The lowest BCUT2D eigenvalue weighted by Gasteiger charge is -2.35. The lowest BCUT2D eigenvalue weighted by molar-refractivity contribution is 0.173. The van der Waals surface area contributed by atoms with Gasteiger partial charge >= 0.3 is 0 Å². The molecular weight excluding hydrogens is 278 g/mol. The average Bonchev–Trinajstić information content (AvgIpc) is 2.61. The van der Waals surface area contributed by atoms with Gasteiger partial charge in [0.15, 0.2) is 0 Å². The van der Waals surface area contributed by atoms with Gasteiger partial charge in [0.2, 0.25) is 0 Å². The summed E-state index contributed by atoms with van der Waals surface area (Å²) in [5, 5.41) is 0. The maximum absolute atomic E-state index is 5.42. The smallest absolute Gasteiger partial charge is 0.00773 e. The van der Waals surface area contributed by atoms with Gasteiger partial charge in [-0.15, -0.1) is 0 Å². The molecule has 0 unspecified atom stereocenters. The third-order valence-electron chi connectivity index (χ3n) is 5.97. The largest absolute Gasteiger partial charge is 0.330 e. The van der Waals surface area contributed by atoms with Crippen molar-refractivity contribution in [3.05, 3.63) is 0 Å². The predicted molar refractivity (Wildman–Crippen MR) is 107 cm³/mol. The number of rotatable bonds is 12. The first-order valence-corrected chi connectivity index (χ1v) is 10.9. The topological polar surface area (TPSA) is 26.0 Å². The third-order valence-corrected chi connectivity index (χ3v) is 5.97. The second-order valence-electron chi connectivity index (χ2n) is 7.74. The van der Waals surface area contributed by atoms with Crippen molar-refractivity contribution in [1.82, 2.24) is 0 Å². The van der Waals surface area contributed by atoms with Crippen LogP contribution in [0.15, 0.2) is 0 Å². The summed E-state index contributed by atoms with van der Waals surface area (Å²) in [6, 6.07) is 0. The molecule has 1 aliphatic rings. The summed E-state index contributed by atoms with van der Waals surface area (Å²) in [4.78, 5) is 0. The number of nitrogens with two attached hydrogens (primary N) is 1. The van der Waals surface area contributed by atoms with Crippen LogP contribution < -0.4 is 5.73 Å². The van der Waals surface area contributed by atoms with Gasteiger partial charge in [0, 0.05) is 0 Å². The predicted octanol–water partition coefficient (Wildman–Crippen LogP) is 7.62. The Labute approximate surface area is 148 Å². The molecule has 0 aromatic carbocycles. The second-order valence-corrected chi connectivity index (χ2v) is 7.74. The van der Waals surface area contributed by atoms with Gasteiger partial charge < -0.3 is 5.73 Å². The van der Waals surface area contributed by atoms with E-state index < -0.39 is 0 Å². The van der Waals surface area contributed by atoms with Gasteiger partial charge in [-0.2, -0.15) is 0 Å². The Balaban J connectivity index is 0.000000433. The first-order chi connectivity index (χ1) is 11.2. The summed E-state index contributed by atoms with van der Waals surface area (Å²) < 4.78 is 0. The van der Waals surface area contributed by atoms with Crippen molar-refractivity contribution >= 4 is 0 Å². The fourth-order valence-electron chi connectivity index (χ4n) is 3.89. The molecule has 0 amide bonds. The summed E-state index contributed by atoms with van der Waals surface area (Å²) in [6.07, 6.45) is 24.2. The van der Waals surface area contributed by atoms with Gasteiger partial charge in [0.25, 0.3) is 0 Å². The van der Waals surface area contributed by atoms with E-state index in [0.717, 1.165) is 12.0 Å². The van der Waals surface area contributed by atoms with Crippen LogP contribution >= 0.6 is 0 Å². The monoisotopic (exact) mass is 325 g/mol. The van der Waals surface area contributed by atoms with Crippen LogP contribution in [0.1, 0.15) is 130 Å². The Hall–Kier alpha value is -0.0400. The van der Waals surface area contributed by atoms with E-state index in [-0.39, 0.29) is 0 Å². The van der Waals surface area contributed by atoms with Crippen LogP contribution in [-0.2, 0) is 0 Å². The van der Waals surface area contributed by atoms with Crippen LogP contribution in [0.25, 0.3) is 0 Å². The molecular formula is C22H47N. The fourth-order valence-corrected chi connectivity index (χ4v) is 3.89. The lowest BCUT2D eigenvalue weighted by atomic mass is 9.71. The van der Waals surface area contributed by atoms with Gasteiger partial charge in [0.1, 0.15) is 0 Å². The van der Waals surface area contributed by atoms with Gasteiger partial charge in [-0.1, -0.05) is 111 Å². The molecule has 1 aliphatic carbocycles. The van der Waals surface area contributed by atoms with Gasteiger partial charge in [-0.25, -0.2) is 0 Å². The maximum Gasteiger partial charge on any atom is -0.00773 e. The van der Waals surface area contributed by atoms with E-state index >= 15 is 0 Å². The van der Waals surface area contributed by atoms with Crippen molar-refractivity contribution in [2.24, 2.45) is 11.1 Å². The zero-order chi connectivity index (χ0) is 17.2. The average molecular weight is 326 g/mol. The number of unbranched alkanes of at least 4 members (excludes halogenated alkanes) is 9. The first kappa shape index (κ1) is 23.0. The van der Waals surface area contributed by atoms with Crippen LogP contribution in [-0.4, -0.2) is 6.54 Å². The van der Waals surface area contributed by atoms with Crippen molar-refractivity contribution < 1.29 is 0 Å². The lowest BCUT2D eigenvalue weighted by Crippen LogP contribution is -2.21. The summed E-state index contributed by atoms with van der Waals surface area (Å²) in [7, 11) is 0. The molecule has 140 valence electrons. The van der Waals surface area contributed by atoms with Gasteiger partial charge in [-0.05, 0) is 31.2 Å². The molecule has 0 atom stereocenters. The molecule has 1 heteroatoms. The molecule has 1 rings (SSSR count). The van der Waals surface area contributed by atoms with E-state index in [4.69, 9.17) is 5.73 Å². The van der Waals surface area contributed by atoms with Crippen molar-refractivity contribution in [2.75, 3.05) is 6.54 Å². The van der Waals surface area contributed by atoms with Crippen LogP contribution in [0.2, 0.25) is 0 Å². The zero-order valence-electron chi connectivity index (χ0n) is 16.8. The Morgan fingerprint density at radius 2 is 1.04 bits per heavy atom. The third kappa shape index (κ3) is 13.0. The van der Waals surface area contributed by atoms with Crippen LogP contribution in [0.4, 0.5) is 0 Å². The normalized spacial score (nSPS) is 16.7. The quantitative estimate of drug-likeness (QED) is 0.367. The molecule has 1 nitrogen and oxygen atoms in total. The molecule has 23 heavy (non-hydrogen) atoms. The molecule has 0 radical (unpaired) electrons. The Bertz CT molecular complexity index is 202. The fraction of sp³-hybridized carbons (Fsp3) is 1.00. The molecule has 2 N–H and O–H groups in total. The van der Waals surface area contributed by atoms with Crippen molar-refractivity contribution in [2.45, 2.75) is 130 Å². The van der Waals surface area contributed by atoms with Crippen LogP contribution in [0.5, 0.6) is 0 Å². The minimum Gasteiger partial charge on any atom is -0.330 e. The Kier molecular flexibility index (Phi) is 16.8. The molecule has 0 spiro atoms. The highest BCUT2D eigenvalue weighted by Gasteiger charge is 2.27. The molecule has 0 bridgehead atoms. The minimum atomic E-state index is 0.762. The van der Waals surface area contributed by atoms with Crippen LogP contribution in [0.3, 0.4) is 0 Å². The van der Waals surface area contributed by atoms with E-state index in [1.807, 2.05) is 0 Å². The highest BCUT2D eigenvalue weighted by atomic mass is 14.5. The molecule has 1 fully saturated rings. The van der Waals surface area contributed by atoms with Crippen molar-refractivity contribution in [3.63, 3.8) is 0 Å². The summed E-state index contributed by atoms with van der Waals surface area (Å²) >= 11 is 0. The van der Waals surface area contributed by atoms with Gasteiger partial charge in [0.05, 0.1) is 0 Å². The number of hydrogen-bond acceptors (Lipinski definition) is 1. The van der Waals surface area contributed by atoms with Gasteiger partial charge in [-0.3, -0.25) is 0 Å². The van der Waals surface area contributed by atoms with E-state index in [2.05, 4.69) is 20.8 Å². The molecule has 0 aliphatic heterocycles. The zero-order valence-corrected chi connectivity index (χ0v) is 16.8. The second kappa shape index (κ2) is 16.8. The molecule has 0 heterocycles. The van der Waals surface area contributed by atoms with Crippen molar-refractivity contribution in [1.29, 1.82) is 0 Å². The first-order valence-electron chi connectivity index (χ1n) is 10.9. The van der Waals surface area contributed by atoms with Crippen molar-refractivity contribution in [3.8, 4) is 0 Å². The van der Waals surface area contributed by atoms with E-state index in [1.54, 1.807) is 0 Å². The molecule has 1 saturated carbocycles. The highest BCUT2D eigenvalue weighted by Crippen LogP contribution is 2.41. The highest BCUT2D eigenvalue weighted by molar-refractivity contribution is 4.79. The summed E-state index contributed by atoms with van der Waals surface area (Å²) in [5.41, 5.74) is 6.19. The standard InChI is InChI=1S/C12H27N.C10H20/c1-2-3-4-5-6-7-8-9-10-11-12-13;1-3-10(4-2)8-6-5-7-9-10/h2-13H2,1H3;3-9H2,1-2H3. The van der Waals surface area contributed by atoms with E-state index in [0.29, 0.717) is 0 Å².